The Hall–Kier alpha value is -2.83. The summed E-state index contributed by atoms with van der Waals surface area (Å²) in [5, 5.41) is 28.1. The van der Waals surface area contributed by atoms with Crippen molar-refractivity contribution in [3.8, 4) is 6.07 Å². The van der Waals surface area contributed by atoms with Crippen LogP contribution in [-0.2, 0) is 4.79 Å². The third kappa shape index (κ3) is 4.64. The molecule has 1 aromatic carbocycles. The lowest BCUT2D eigenvalue weighted by atomic mass is 10.1. The second kappa shape index (κ2) is 6.08. The third-order valence-corrected chi connectivity index (χ3v) is 2.35. The highest BCUT2D eigenvalue weighted by molar-refractivity contribution is 5.75. The van der Waals surface area contributed by atoms with Gasteiger partial charge in [-0.25, -0.2) is 0 Å². The topological polar surface area (TPSA) is 107 Å². The van der Waals surface area contributed by atoms with Crippen LogP contribution in [0.3, 0.4) is 0 Å². The number of carbonyl (C=O) groups is 1. The molecule has 0 atom stereocenters. The van der Waals surface area contributed by atoms with Gasteiger partial charge in [-0.2, -0.15) is 18.4 Å². The molecule has 1 aromatic rings. The van der Waals surface area contributed by atoms with E-state index in [1.54, 1.807) is 0 Å². The van der Waals surface area contributed by atoms with Crippen molar-refractivity contribution >= 4 is 17.3 Å². The molecule has 0 aliphatic carbocycles. The van der Waals surface area contributed by atoms with Crippen LogP contribution in [0, 0.1) is 21.4 Å². The number of nitriles is 1. The van der Waals surface area contributed by atoms with Crippen molar-refractivity contribution in [2.75, 3.05) is 18.0 Å². The summed E-state index contributed by atoms with van der Waals surface area (Å²) >= 11 is 0. The van der Waals surface area contributed by atoms with Crippen molar-refractivity contribution in [2.24, 2.45) is 0 Å². The molecule has 0 aromatic heterocycles. The maximum Gasteiger partial charge on any atom is 0.405 e. The molecule has 0 heterocycles. The SMILES string of the molecule is N#Cc1cc([N+](=O)[O-])ccc1N(CC(=O)O)CC(F)(F)F. The van der Waals surface area contributed by atoms with Crippen LogP contribution in [0.4, 0.5) is 24.5 Å². The van der Waals surface area contributed by atoms with Gasteiger partial charge in [-0.3, -0.25) is 14.9 Å². The van der Waals surface area contributed by atoms with Crippen LogP contribution in [0.2, 0.25) is 0 Å². The summed E-state index contributed by atoms with van der Waals surface area (Å²) in [5.74, 6) is -1.53. The molecule has 0 bridgehead atoms. The highest BCUT2D eigenvalue weighted by Crippen LogP contribution is 2.27. The molecule has 21 heavy (non-hydrogen) atoms. The molecule has 0 aliphatic heterocycles. The van der Waals surface area contributed by atoms with Crippen LogP contribution in [0.15, 0.2) is 18.2 Å². The molecule has 7 nitrogen and oxygen atoms in total. The first-order chi connectivity index (χ1) is 9.64. The number of nitro groups is 1. The van der Waals surface area contributed by atoms with Gasteiger partial charge in [0.15, 0.2) is 0 Å². The molecule has 0 aliphatic rings. The molecule has 0 spiro atoms. The van der Waals surface area contributed by atoms with Gasteiger partial charge in [-0.1, -0.05) is 0 Å². The van der Waals surface area contributed by atoms with Crippen LogP contribution in [0.5, 0.6) is 0 Å². The summed E-state index contributed by atoms with van der Waals surface area (Å²) < 4.78 is 37.4. The van der Waals surface area contributed by atoms with Gasteiger partial charge in [0.05, 0.1) is 16.2 Å². The number of hydrogen-bond donors (Lipinski definition) is 1. The number of benzene rings is 1. The van der Waals surface area contributed by atoms with Crippen molar-refractivity contribution in [1.82, 2.24) is 0 Å². The zero-order valence-corrected chi connectivity index (χ0v) is 10.3. The molecule has 1 N–H and O–H groups in total. The van der Waals surface area contributed by atoms with Crippen molar-refractivity contribution in [1.29, 1.82) is 5.26 Å². The first-order valence-electron chi connectivity index (χ1n) is 5.36. The van der Waals surface area contributed by atoms with Crippen LogP contribution in [-0.4, -0.2) is 35.3 Å². The van der Waals surface area contributed by atoms with E-state index in [2.05, 4.69) is 0 Å². The van der Waals surface area contributed by atoms with Gasteiger partial charge in [0.2, 0.25) is 0 Å². The Morgan fingerprint density at radius 2 is 2.10 bits per heavy atom. The highest BCUT2D eigenvalue weighted by atomic mass is 19.4. The van der Waals surface area contributed by atoms with E-state index in [-0.39, 0.29) is 5.69 Å². The van der Waals surface area contributed by atoms with Gasteiger partial charge in [0.25, 0.3) is 5.69 Å². The van der Waals surface area contributed by atoms with E-state index >= 15 is 0 Å². The standard InChI is InChI=1S/C11H8F3N3O4/c12-11(13,14)6-16(5-10(18)19)9-2-1-8(17(20)21)3-7(9)4-15/h1-3H,5-6H2,(H,18,19). The summed E-state index contributed by atoms with van der Waals surface area (Å²) in [6, 6.07) is 4.14. The lowest BCUT2D eigenvalue weighted by molar-refractivity contribution is -0.384. The van der Waals surface area contributed by atoms with Gasteiger partial charge in [0.1, 0.15) is 19.2 Å². The summed E-state index contributed by atoms with van der Waals surface area (Å²) in [7, 11) is 0. The zero-order valence-electron chi connectivity index (χ0n) is 10.3. The van der Waals surface area contributed by atoms with Gasteiger partial charge >= 0.3 is 12.1 Å². The van der Waals surface area contributed by atoms with Crippen molar-refractivity contribution in [3.63, 3.8) is 0 Å². The summed E-state index contributed by atoms with van der Waals surface area (Å²) in [6.07, 6.45) is -4.69. The Morgan fingerprint density at radius 1 is 1.48 bits per heavy atom. The van der Waals surface area contributed by atoms with E-state index in [1.807, 2.05) is 0 Å². The van der Waals surface area contributed by atoms with Gasteiger partial charge in [-0.05, 0) is 6.07 Å². The average molecular weight is 303 g/mol. The Balaban J connectivity index is 3.27. The summed E-state index contributed by atoms with van der Waals surface area (Å²) in [5.41, 5.74) is -1.21. The number of rotatable bonds is 5. The average Bonchev–Trinajstić information content (AvgIpc) is 2.34. The van der Waals surface area contributed by atoms with E-state index in [0.29, 0.717) is 4.90 Å². The van der Waals surface area contributed by atoms with E-state index in [0.717, 1.165) is 18.2 Å². The Labute approximate surface area is 116 Å². The Kier molecular flexibility index (Phi) is 4.70. The van der Waals surface area contributed by atoms with Crippen LogP contribution < -0.4 is 4.90 Å². The first-order valence-corrected chi connectivity index (χ1v) is 5.36. The molecule has 0 radical (unpaired) electrons. The smallest absolute Gasteiger partial charge is 0.405 e. The molecule has 0 unspecified atom stereocenters. The number of anilines is 1. The number of nitro benzene ring substituents is 1. The molecule has 0 saturated carbocycles. The zero-order chi connectivity index (χ0) is 16.2. The Bertz CT molecular complexity index is 610. The van der Waals surface area contributed by atoms with E-state index in [9.17, 15) is 28.1 Å². The molecular formula is C11H8F3N3O4. The molecule has 1 rings (SSSR count). The molecule has 0 saturated heterocycles. The minimum atomic E-state index is -4.69. The number of halogens is 3. The monoisotopic (exact) mass is 303 g/mol. The number of carboxylic acid groups (broad SMARTS) is 1. The van der Waals surface area contributed by atoms with Crippen molar-refractivity contribution in [3.05, 3.63) is 33.9 Å². The number of nitrogens with zero attached hydrogens (tertiary/aromatic N) is 3. The normalized spacial score (nSPS) is 10.8. The van der Waals surface area contributed by atoms with E-state index in [4.69, 9.17) is 10.4 Å². The van der Waals surface area contributed by atoms with Gasteiger partial charge in [-0.15, -0.1) is 0 Å². The highest BCUT2D eigenvalue weighted by Gasteiger charge is 2.33. The first kappa shape index (κ1) is 16.2. The number of carboxylic acids is 1. The van der Waals surface area contributed by atoms with Crippen LogP contribution in [0.1, 0.15) is 5.56 Å². The number of non-ortho nitro benzene ring substituents is 1. The predicted molar refractivity (Wildman–Crippen MR) is 63.7 cm³/mol. The maximum absolute atomic E-state index is 12.5. The molecule has 112 valence electrons. The summed E-state index contributed by atoms with van der Waals surface area (Å²) in [4.78, 5) is 20.8. The lowest BCUT2D eigenvalue weighted by Crippen LogP contribution is -2.38. The van der Waals surface area contributed by atoms with E-state index < -0.39 is 41.4 Å². The molecule has 10 heteroatoms. The quantitative estimate of drug-likeness (QED) is 0.657. The molecule has 0 fully saturated rings. The van der Waals surface area contributed by atoms with Crippen molar-refractivity contribution in [2.45, 2.75) is 6.18 Å². The summed E-state index contributed by atoms with van der Waals surface area (Å²) in [6.45, 7) is -2.59. The van der Waals surface area contributed by atoms with E-state index in [1.165, 1.54) is 6.07 Å². The number of alkyl halides is 3. The van der Waals surface area contributed by atoms with Crippen molar-refractivity contribution < 1.29 is 28.0 Å². The molecule has 0 amide bonds. The number of hydrogen-bond acceptors (Lipinski definition) is 5. The Morgan fingerprint density at radius 3 is 2.52 bits per heavy atom. The fraction of sp³-hybridized carbons (Fsp3) is 0.273. The molecular weight excluding hydrogens is 295 g/mol. The predicted octanol–water partition coefficient (Wildman–Crippen LogP) is 1.92. The number of aliphatic carboxylic acids is 1. The largest absolute Gasteiger partial charge is 0.480 e. The fourth-order valence-corrected chi connectivity index (χ4v) is 1.61. The third-order valence-electron chi connectivity index (χ3n) is 2.35. The van der Waals surface area contributed by atoms with Crippen LogP contribution in [0.25, 0.3) is 0 Å². The second-order valence-corrected chi connectivity index (χ2v) is 3.94. The minimum absolute atomic E-state index is 0.331. The lowest BCUT2D eigenvalue weighted by Gasteiger charge is -2.24. The van der Waals surface area contributed by atoms with Crippen LogP contribution >= 0.6 is 0 Å². The second-order valence-electron chi connectivity index (χ2n) is 3.94. The maximum atomic E-state index is 12.5. The van der Waals surface area contributed by atoms with Gasteiger partial charge < -0.3 is 10.0 Å². The minimum Gasteiger partial charge on any atom is -0.480 e. The van der Waals surface area contributed by atoms with Gasteiger partial charge in [0, 0.05) is 12.1 Å². The fourth-order valence-electron chi connectivity index (χ4n) is 1.61.